The third-order valence-corrected chi connectivity index (χ3v) is 4.34. The van der Waals surface area contributed by atoms with Gasteiger partial charge in [-0.2, -0.15) is 0 Å². The Kier molecular flexibility index (Phi) is 5.71. The third kappa shape index (κ3) is 4.43. The predicted octanol–water partition coefficient (Wildman–Crippen LogP) is 3.40. The molecule has 0 saturated carbocycles. The summed E-state index contributed by atoms with van der Waals surface area (Å²) in [6.45, 7) is 0.0403. The summed E-state index contributed by atoms with van der Waals surface area (Å²) in [5.74, 6) is -1.99. The number of carbonyl (C=O) groups excluding carboxylic acids is 3. The molecular weight excluding hydrogens is 375 g/mol. The van der Waals surface area contributed by atoms with Crippen molar-refractivity contribution in [3.63, 3.8) is 0 Å². The normalized spacial score (nSPS) is 13.6. The van der Waals surface area contributed by atoms with E-state index in [2.05, 4.69) is 5.32 Å². The van der Waals surface area contributed by atoms with Crippen molar-refractivity contribution in [2.75, 3.05) is 23.4 Å². The van der Waals surface area contributed by atoms with Crippen LogP contribution in [0.25, 0.3) is 0 Å². The molecule has 27 heavy (non-hydrogen) atoms. The fourth-order valence-corrected chi connectivity index (χ4v) is 3.01. The van der Waals surface area contributed by atoms with E-state index in [-0.39, 0.29) is 16.5 Å². The molecule has 2 aromatic rings. The average Bonchev–Trinajstić information content (AvgIpc) is 3.06. The summed E-state index contributed by atoms with van der Waals surface area (Å²) in [5, 5.41) is 2.54. The van der Waals surface area contributed by atoms with Crippen molar-refractivity contribution < 1.29 is 23.5 Å². The standard InChI is InChI=1S/C19H16ClFN2O4/c20-14-10-12(21)7-8-13(14)19(26)27-11-17(24)22-15-4-1-2-5-16(15)23-9-3-6-18(23)25/h1-2,4-5,7-8,10H,3,6,9,11H2,(H,22,24). The molecule has 1 N–H and O–H groups in total. The van der Waals surface area contributed by atoms with Crippen LogP contribution < -0.4 is 10.2 Å². The maximum atomic E-state index is 13.0. The molecule has 0 aromatic heterocycles. The van der Waals surface area contributed by atoms with E-state index in [9.17, 15) is 18.8 Å². The van der Waals surface area contributed by atoms with Crippen LogP contribution in [0, 0.1) is 5.82 Å². The van der Waals surface area contributed by atoms with Crippen molar-refractivity contribution in [3.8, 4) is 0 Å². The first kappa shape index (κ1) is 18.8. The Morgan fingerprint density at radius 2 is 2.00 bits per heavy atom. The highest BCUT2D eigenvalue weighted by Crippen LogP contribution is 2.29. The van der Waals surface area contributed by atoms with E-state index >= 15 is 0 Å². The molecule has 1 fully saturated rings. The zero-order valence-corrected chi connectivity index (χ0v) is 15.0. The lowest BCUT2D eigenvalue weighted by molar-refractivity contribution is -0.119. The summed E-state index contributed by atoms with van der Waals surface area (Å²) in [6, 6.07) is 10.2. The number of hydrogen-bond acceptors (Lipinski definition) is 4. The number of para-hydroxylation sites is 2. The molecule has 0 atom stereocenters. The molecule has 3 rings (SSSR count). The number of nitrogens with one attached hydrogen (secondary N) is 1. The Bertz CT molecular complexity index is 903. The summed E-state index contributed by atoms with van der Waals surface area (Å²) in [4.78, 5) is 37.7. The van der Waals surface area contributed by atoms with Crippen molar-refractivity contribution in [3.05, 3.63) is 58.9 Å². The van der Waals surface area contributed by atoms with Gasteiger partial charge in [-0.3, -0.25) is 9.59 Å². The van der Waals surface area contributed by atoms with E-state index in [0.29, 0.717) is 24.3 Å². The van der Waals surface area contributed by atoms with Gasteiger partial charge in [0.15, 0.2) is 6.61 Å². The Balaban J connectivity index is 1.63. The van der Waals surface area contributed by atoms with E-state index in [1.807, 2.05) is 0 Å². The second kappa shape index (κ2) is 8.18. The number of nitrogens with zero attached hydrogens (tertiary/aromatic N) is 1. The van der Waals surface area contributed by atoms with Gasteiger partial charge in [-0.1, -0.05) is 23.7 Å². The Hall–Kier alpha value is -2.93. The average molecular weight is 391 g/mol. The molecular formula is C19H16ClFN2O4. The second-order valence-electron chi connectivity index (χ2n) is 5.91. The maximum absolute atomic E-state index is 13.0. The summed E-state index contributed by atoms with van der Waals surface area (Å²) < 4.78 is 18.0. The number of carbonyl (C=O) groups is 3. The van der Waals surface area contributed by atoms with Crippen molar-refractivity contribution in [2.24, 2.45) is 0 Å². The molecule has 1 saturated heterocycles. The topological polar surface area (TPSA) is 75.7 Å². The summed E-state index contributed by atoms with van der Waals surface area (Å²) in [5.41, 5.74) is 1.02. The number of rotatable bonds is 5. The molecule has 8 heteroatoms. The van der Waals surface area contributed by atoms with Crippen molar-refractivity contribution >= 4 is 40.8 Å². The van der Waals surface area contributed by atoms with Crippen LogP contribution in [0.3, 0.4) is 0 Å². The first-order valence-electron chi connectivity index (χ1n) is 8.27. The highest BCUT2D eigenvalue weighted by atomic mass is 35.5. The first-order valence-corrected chi connectivity index (χ1v) is 8.65. The fourth-order valence-electron chi connectivity index (χ4n) is 2.77. The van der Waals surface area contributed by atoms with Crippen LogP contribution in [0.15, 0.2) is 42.5 Å². The van der Waals surface area contributed by atoms with Crippen LogP contribution in [0.5, 0.6) is 0 Å². The van der Waals surface area contributed by atoms with Gasteiger partial charge in [-0.25, -0.2) is 9.18 Å². The number of esters is 1. The van der Waals surface area contributed by atoms with Crippen LogP contribution in [-0.4, -0.2) is 30.9 Å². The monoisotopic (exact) mass is 390 g/mol. The van der Waals surface area contributed by atoms with Gasteiger partial charge in [0.1, 0.15) is 5.82 Å². The Morgan fingerprint density at radius 3 is 2.70 bits per heavy atom. The molecule has 2 amide bonds. The molecule has 140 valence electrons. The molecule has 1 aliphatic heterocycles. The van der Waals surface area contributed by atoms with Gasteiger partial charge in [0, 0.05) is 13.0 Å². The third-order valence-electron chi connectivity index (χ3n) is 4.03. The van der Waals surface area contributed by atoms with Crippen LogP contribution in [0.2, 0.25) is 5.02 Å². The summed E-state index contributed by atoms with van der Waals surface area (Å²) >= 11 is 5.80. The van der Waals surface area contributed by atoms with Crippen LogP contribution >= 0.6 is 11.6 Å². The van der Waals surface area contributed by atoms with E-state index in [0.717, 1.165) is 18.6 Å². The zero-order valence-electron chi connectivity index (χ0n) is 14.2. The van der Waals surface area contributed by atoms with Crippen LogP contribution in [0.1, 0.15) is 23.2 Å². The molecule has 1 heterocycles. The molecule has 0 spiro atoms. The molecule has 6 nitrogen and oxygen atoms in total. The lowest BCUT2D eigenvalue weighted by Crippen LogP contribution is -2.27. The first-order chi connectivity index (χ1) is 13.0. The number of benzene rings is 2. The van der Waals surface area contributed by atoms with Gasteiger partial charge in [0.25, 0.3) is 5.91 Å². The smallest absolute Gasteiger partial charge is 0.340 e. The largest absolute Gasteiger partial charge is 0.452 e. The van der Waals surface area contributed by atoms with Gasteiger partial charge in [0.05, 0.1) is 22.0 Å². The van der Waals surface area contributed by atoms with Gasteiger partial charge in [0.2, 0.25) is 5.91 Å². The number of amides is 2. The summed E-state index contributed by atoms with van der Waals surface area (Å²) in [6.07, 6.45) is 1.23. The van der Waals surface area contributed by atoms with Gasteiger partial charge < -0.3 is 15.0 Å². The fraction of sp³-hybridized carbons (Fsp3) is 0.211. The minimum Gasteiger partial charge on any atom is -0.452 e. The van der Waals surface area contributed by atoms with Gasteiger partial charge in [-0.05, 0) is 36.8 Å². The number of ether oxygens (including phenoxy) is 1. The Labute approximate surface area is 159 Å². The van der Waals surface area contributed by atoms with E-state index < -0.39 is 24.3 Å². The molecule has 0 radical (unpaired) electrons. The molecule has 0 unspecified atom stereocenters. The number of anilines is 2. The van der Waals surface area contributed by atoms with Crippen molar-refractivity contribution in [1.29, 1.82) is 0 Å². The predicted molar refractivity (Wildman–Crippen MR) is 98.4 cm³/mol. The summed E-state index contributed by atoms with van der Waals surface area (Å²) in [7, 11) is 0. The van der Waals surface area contributed by atoms with Crippen molar-refractivity contribution in [2.45, 2.75) is 12.8 Å². The van der Waals surface area contributed by atoms with Crippen LogP contribution in [0.4, 0.5) is 15.8 Å². The van der Waals surface area contributed by atoms with E-state index in [1.165, 1.54) is 6.07 Å². The number of halogens is 2. The molecule has 0 aliphatic carbocycles. The van der Waals surface area contributed by atoms with E-state index in [1.54, 1.807) is 29.2 Å². The zero-order chi connectivity index (χ0) is 19.4. The van der Waals surface area contributed by atoms with Crippen molar-refractivity contribution in [1.82, 2.24) is 0 Å². The van der Waals surface area contributed by atoms with E-state index in [4.69, 9.17) is 16.3 Å². The maximum Gasteiger partial charge on any atom is 0.340 e. The highest BCUT2D eigenvalue weighted by Gasteiger charge is 2.24. The lowest BCUT2D eigenvalue weighted by atomic mass is 10.2. The Morgan fingerprint density at radius 1 is 1.22 bits per heavy atom. The lowest BCUT2D eigenvalue weighted by Gasteiger charge is -2.19. The minimum absolute atomic E-state index is 0.00548. The number of hydrogen-bond donors (Lipinski definition) is 1. The van der Waals surface area contributed by atoms with Gasteiger partial charge >= 0.3 is 5.97 Å². The van der Waals surface area contributed by atoms with Crippen LogP contribution in [-0.2, 0) is 14.3 Å². The quantitative estimate of drug-likeness (QED) is 0.794. The van der Waals surface area contributed by atoms with Gasteiger partial charge in [-0.15, -0.1) is 0 Å². The molecule has 0 bridgehead atoms. The SMILES string of the molecule is O=C(COC(=O)c1ccc(F)cc1Cl)Nc1ccccc1N1CCCC1=O. The highest BCUT2D eigenvalue weighted by molar-refractivity contribution is 6.33. The minimum atomic E-state index is -0.835. The molecule has 2 aromatic carbocycles. The second-order valence-corrected chi connectivity index (χ2v) is 6.32. The molecule has 1 aliphatic rings.